The van der Waals surface area contributed by atoms with Crippen LogP contribution < -0.4 is 10.6 Å². The molecule has 0 aromatic carbocycles. The second-order valence-corrected chi connectivity index (χ2v) is 4.72. The molecule has 1 atom stereocenters. The minimum atomic E-state index is -0.393. The highest BCUT2D eigenvalue weighted by atomic mass is 16.2. The summed E-state index contributed by atoms with van der Waals surface area (Å²) >= 11 is 0. The van der Waals surface area contributed by atoms with Crippen LogP contribution in [0, 0.1) is 0 Å². The van der Waals surface area contributed by atoms with E-state index in [0.29, 0.717) is 12.3 Å². The van der Waals surface area contributed by atoms with E-state index in [2.05, 4.69) is 5.10 Å². The van der Waals surface area contributed by atoms with Gasteiger partial charge in [0.1, 0.15) is 5.82 Å². The molecule has 2 aliphatic rings. The first-order valence-electron chi connectivity index (χ1n) is 5.77. The standard InChI is InChI=1S/C11H16N4O/c1-14-10-6-9(7-2-3-7)13-15(10)5-4-8(12)11(14)16/h6-8H,2-5,12H2,1H3. The van der Waals surface area contributed by atoms with Gasteiger partial charge in [-0.05, 0) is 19.3 Å². The Kier molecular flexibility index (Phi) is 2.04. The highest BCUT2D eigenvalue weighted by Gasteiger charge is 2.31. The van der Waals surface area contributed by atoms with Crippen LogP contribution in [0.25, 0.3) is 0 Å². The zero-order valence-electron chi connectivity index (χ0n) is 9.39. The van der Waals surface area contributed by atoms with Gasteiger partial charge in [-0.2, -0.15) is 5.10 Å². The van der Waals surface area contributed by atoms with E-state index >= 15 is 0 Å². The molecule has 0 radical (unpaired) electrons. The molecule has 5 heteroatoms. The van der Waals surface area contributed by atoms with Gasteiger partial charge in [0.2, 0.25) is 5.91 Å². The van der Waals surface area contributed by atoms with Gasteiger partial charge in [0, 0.05) is 25.6 Å². The predicted molar refractivity (Wildman–Crippen MR) is 60.2 cm³/mol. The largest absolute Gasteiger partial charge is 0.320 e. The monoisotopic (exact) mass is 220 g/mol. The Labute approximate surface area is 94.2 Å². The molecule has 2 N–H and O–H groups in total. The lowest BCUT2D eigenvalue weighted by atomic mass is 10.2. The third-order valence-corrected chi connectivity index (χ3v) is 3.42. The number of hydrogen-bond acceptors (Lipinski definition) is 3. The Morgan fingerprint density at radius 1 is 1.44 bits per heavy atom. The molecule has 86 valence electrons. The summed E-state index contributed by atoms with van der Waals surface area (Å²) < 4.78 is 1.92. The molecule has 0 spiro atoms. The van der Waals surface area contributed by atoms with E-state index in [0.717, 1.165) is 18.1 Å². The number of anilines is 1. The third kappa shape index (κ3) is 1.43. The van der Waals surface area contributed by atoms with E-state index in [1.54, 1.807) is 11.9 Å². The Morgan fingerprint density at radius 2 is 2.19 bits per heavy atom. The van der Waals surface area contributed by atoms with Crippen molar-refractivity contribution in [1.29, 1.82) is 0 Å². The van der Waals surface area contributed by atoms with Gasteiger partial charge < -0.3 is 5.73 Å². The first kappa shape index (κ1) is 9.84. The van der Waals surface area contributed by atoms with Gasteiger partial charge in [-0.1, -0.05) is 0 Å². The van der Waals surface area contributed by atoms with Crippen molar-refractivity contribution in [2.24, 2.45) is 5.73 Å². The molecule has 1 unspecified atom stereocenters. The smallest absolute Gasteiger partial charge is 0.244 e. The third-order valence-electron chi connectivity index (χ3n) is 3.42. The summed E-state index contributed by atoms with van der Waals surface area (Å²) in [7, 11) is 1.78. The normalized spacial score (nSPS) is 25.5. The molecule has 1 aliphatic heterocycles. The van der Waals surface area contributed by atoms with Gasteiger partial charge in [-0.15, -0.1) is 0 Å². The van der Waals surface area contributed by atoms with Crippen LogP contribution in [-0.2, 0) is 11.3 Å². The maximum atomic E-state index is 11.9. The van der Waals surface area contributed by atoms with Gasteiger partial charge >= 0.3 is 0 Å². The predicted octanol–water partition coefficient (Wildman–Crippen LogP) is 0.454. The van der Waals surface area contributed by atoms with Crippen molar-refractivity contribution in [1.82, 2.24) is 9.78 Å². The first-order valence-corrected chi connectivity index (χ1v) is 5.77. The number of carbonyl (C=O) groups is 1. The molecule has 1 saturated carbocycles. The van der Waals surface area contributed by atoms with Crippen LogP contribution in [0.1, 0.15) is 30.9 Å². The molecule has 0 saturated heterocycles. The summed E-state index contributed by atoms with van der Waals surface area (Å²) in [5.41, 5.74) is 6.91. The van der Waals surface area contributed by atoms with Crippen LogP contribution in [0.3, 0.4) is 0 Å². The molecule has 1 aromatic rings. The van der Waals surface area contributed by atoms with Crippen LogP contribution in [0.5, 0.6) is 0 Å². The number of likely N-dealkylation sites (N-methyl/N-ethyl adjacent to an activating group) is 1. The Balaban J connectivity index is 1.98. The molecular weight excluding hydrogens is 204 g/mol. The fraction of sp³-hybridized carbons (Fsp3) is 0.636. The number of hydrogen-bond donors (Lipinski definition) is 1. The van der Waals surface area contributed by atoms with E-state index in [4.69, 9.17) is 5.73 Å². The molecule has 3 rings (SSSR count). The van der Waals surface area contributed by atoms with Gasteiger partial charge in [-0.3, -0.25) is 9.69 Å². The van der Waals surface area contributed by atoms with Crippen LogP contribution in [0.2, 0.25) is 0 Å². The van der Waals surface area contributed by atoms with Gasteiger partial charge in [-0.25, -0.2) is 4.68 Å². The lowest BCUT2D eigenvalue weighted by molar-refractivity contribution is -0.119. The van der Waals surface area contributed by atoms with Crippen molar-refractivity contribution < 1.29 is 4.79 Å². The lowest BCUT2D eigenvalue weighted by Crippen LogP contribution is -2.40. The average Bonchev–Trinajstić information content (AvgIpc) is 3.05. The van der Waals surface area contributed by atoms with Crippen LogP contribution in [0.15, 0.2) is 6.07 Å². The zero-order chi connectivity index (χ0) is 11.3. The lowest BCUT2D eigenvalue weighted by Gasteiger charge is -2.16. The van der Waals surface area contributed by atoms with Crippen molar-refractivity contribution in [3.8, 4) is 0 Å². The summed E-state index contributed by atoms with van der Waals surface area (Å²) in [5, 5.41) is 4.56. The highest BCUT2D eigenvalue weighted by Crippen LogP contribution is 2.40. The number of nitrogens with zero attached hydrogens (tertiary/aromatic N) is 3. The van der Waals surface area contributed by atoms with E-state index in [-0.39, 0.29) is 5.91 Å². The summed E-state index contributed by atoms with van der Waals surface area (Å²) in [6.45, 7) is 0.735. The Morgan fingerprint density at radius 3 is 2.88 bits per heavy atom. The molecule has 1 amide bonds. The van der Waals surface area contributed by atoms with E-state index in [9.17, 15) is 4.79 Å². The first-order chi connectivity index (χ1) is 7.66. The highest BCUT2D eigenvalue weighted by molar-refractivity contribution is 5.96. The van der Waals surface area contributed by atoms with Gasteiger partial charge in [0.05, 0.1) is 11.7 Å². The maximum absolute atomic E-state index is 11.9. The number of amides is 1. The second-order valence-electron chi connectivity index (χ2n) is 4.72. The van der Waals surface area contributed by atoms with Crippen LogP contribution in [0.4, 0.5) is 5.82 Å². The van der Waals surface area contributed by atoms with Crippen molar-refractivity contribution in [2.45, 2.75) is 37.8 Å². The summed E-state index contributed by atoms with van der Waals surface area (Å²) in [4.78, 5) is 13.5. The minimum absolute atomic E-state index is 0.0130. The topological polar surface area (TPSA) is 64.2 Å². The van der Waals surface area contributed by atoms with Crippen LogP contribution >= 0.6 is 0 Å². The fourth-order valence-corrected chi connectivity index (χ4v) is 2.19. The summed E-state index contributed by atoms with van der Waals surface area (Å²) in [6.07, 6.45) is 3.13. The number of fused-ring (bicyclic) bond motifs is 1. The molecule has 1 aromatic heterocycles. The SMILES string of the molecule is CN1C(=O)C(N)CCn2nc(C3CC3)cc21. The summed E-state index contributed by atoms with van der Waals surface area (Å²) in [6, 6.07) is 1.64. The number of aryl methyl sites for hydroxylation is 1. The molecule has 5 nitrogen and oxygen atoms in total. The summed E-state index contributed by atoms with van der Waals surface area (Å²) in [5.74, 6) is 1.50. The molecular formula is C11H16N4O. The Bertz CT molecular complexity index is 435. The zero-order valence-corrected chi connectivity index (χ0v) is 9.39. The van der Waals surface area contributed by atoms with E-state index in [1.807, 2.05) is 10.7 Å². The number of nitrogens with two attached hydrogens (primary N) is 1. The molecule has 16 heavy (non-hydrogen) atoms. The van der Waals surface area contributed by atoms with E-state index < -0.39 is 6.04 Å². The van der Waals surface area contributed by atoms with E-state index in [1.165, 1.54) is 12.8 Å². The molecule has 1 fully saturated rings. The number of carbonyl (C=O) groups excluding carboxylic acids is 1. The number of aromatic nitrogens is 2. The van der Waals surface area contributed by atoms with Gasteiger partial charge in [0.15, 0.2) is 0 Å². The quantitative estimate of drug-likeness (QED) is 0.747. The Hall–Kier alpha value is -1.36. The van der Waals surface area contributed by atoms with Crippen molar-refractivity contribution >= 4 is 11.7 Å². The maximum Gasteiger partial charge on any atom is 0.244 e. The van der Waals surface area contributed by atoms with Crippen LogP contribution in [-0.4, -0.2) is 28.8 Å². The van der Waals surface area contributed by atoms with Gasteiger partial charge in [0.25, 0.3) is 0 Å². The number of rotatable bonds is 1. The molecule has 0 bridgehead atoms. The second kappa shape index (κ2) is 3.31. The van der Waals surface area contributed by atoms with Crippen molar-refractivity contribution in [2.75, 3.05) is 11.9 Å². The van der Waals surface area contributed by atoms with Crippen molar-refractivity contribution in [3.05, 3.63) is 11.8 Å². The van der Waals surface area contributed by atoms with Crippen molar-refractivity contribution in [3.63, 3.8) is 0 Å². The minimum Gasteiger partial charge on any atom is -0.320 e. The molecule has 2 heterocycles. The molecule has 1 aliphatic carbocycles. The fourth-order valence-electron chi connectivity index (χ4n) is 2.19. The average molecular weight is 220 g/mol.